The van der Waals surface area contributed by atoms with Gasteiger partial charge in [-0.3, -0.25) is 9.79 Å². The van der Waals surface area contributed by atoms with Gasteiger partial charge in [-0.05, 0) is 32.0 Å². The van der Waals surface area contributed by atoms with Crippen molar-refractivity contribution in [3.8, 4) is 17.2 Å². The number of hydrogen-bond acceptors (Lipinski definition) is 8. The van der Waals surface area contributed by atoms with Crippen molar-refractivity contribution in [2.24, 2.45) is 4.99 Å². The minimum Gasteiger partial charge on any atom is -0.515 e. The number of benzene rings is 2. The number of aliphatic imine (C=N–C) groups is 1. The zero-order chi connectivity index (χ0) is 21.0. The van der Waals surface area contributed by atoms with Crippen LogP contribution in [-0.2, 0) is 10.1 Å². The summed E-state index contributed by atoms with van der Waals surface area (Å²) in [4.78, 5) is 16.7. The van der Waals surface area contributed by atoms with E-state index in [1.165, 1.54) is 30.5 Å². The van der Waals surface area contributed by atoms with E-state index >= 15 is 0 Å². The Labute approximate surface area is 168 Å². The molecular weight excluding hydrogens is 398 g/mol. The van der Waals surface area contributed by atoms with Gasteiger partial charge in [0, 0.05) is 18.8 Å². The number of carbonyl (C=O) groups excluding carboxylic acids is 1. The molecule has 3 rings (SSSR count). The molecule has 29 heavy (non-hydrogen) atoms. The maximum absolute atomic E-state index is 12.9. The number of ether oxygens (including phenoxy) is 2. The molecule has 0 saturated heterocycles. The molecule has 1 N–H and O–H groups in total. The van der Waals surface area contributed by atoms with E-state index < -0.39 is 15.9 Å². The lowest BCUT2D eigenvalue weighted by atomic mass is 10.0. The molecule has 9 heteroatoms. The van der Waals surface area contributed by atoms with Gasteiger partial charge in [0.1, 0.15) is 4.90 Å². The Morgan fingerprint density at radius 1 is 1.21 bits per heavy atom. The maximum atomic E-state index is 12.9. The number of allylic oxidation sites excluding steroid dienone is 1. The topological polar surface area (TPSA) is 111 Å². The molecule has 152 valence electrons. The van der Waals surface area contributed by atoms with E-state index in [-0.39, 0.29) is 40.1 Å². The predicted octanol–water partition coefficient (Wildman–Crippen LogP) is 3.21. The first kappa shape index (κ1) is 20.4. The third-order valence-electron chi connectivity index (χ3n) is 4.04. The molecule has 1 aliphatic heterocycles. The van der Waals surface area contributed by atoms with Crippen LogP contribution in [0.1, 0.15) is 22.8 Å². The van der Waals surface area contributed by atoms with Gasteiger partial charge in [0.2, 0.25) is 12.6 Å². The maximum Gasteiger partial charge on any atom is 0.339 e. The van der Waals surface area contributed by atoms with Crippen LogP contribution in [0.4, 0.5) is 0 Å². The van der Waals surface area contributed by atoms with Crippen molar-refractivity contribution in [2.45, 2.75) is 18.7 Å². The van der Waals surface area contributed by atoms with Crippen LogP contribution in [0.5, 0.6) is 17.2 Å². The summed E-state index contributed by atoms with van der Waals surface area (Å²) in [6, 6.07) is 8.67. The van der Waals surface area contributed by atoms with Crippen LogP contribution in [0.15, 0.2) is 58.1 Å². The van der Waals surface area contributed by atoms with Gasteiger partial charge in [0.15, 0.2) is 17.2 Å². The number of aliphatic hydroxyl groups is 1. The van der Waals surface area contributed by atoms with Gasteiger partial charge in [-0.2, -0.15) is 8.42 Å². The first-order valence-corrected chi connectivity index (χ1v) is 10.1. The number of carbonyl (C=O) groups is 1. The van der Waals surface area contributed by atoms with Crippen LogP contribution >= 0.6 is 0 Å². The molecule has 0 saturated carbocycles. The number of fused-ring (bicyclic) bond motifs is 1. The van der Waals surface area contributed by atoms with E-state index in [2.05, 4.69) is 4.99 Å². The first-order chi connectivity index (χ1) is 13.9. The van der Waals surface area contributed by atoms with Crippen molar-refractivity contribution in [1.29, 1.82) is 0 Å². The van der Waals surface area contributed by atoms with Crippen molar-refractivity contribution in [3.63, 3.8) is 0 Å². The molecule has 0 atom stereocenters. The minimum atomic E-state index is -4.22. The Morgan fingerprint density at radius 3 is 2.48 bits per heavy atom. The number of aliphatic hydroxyl groups excluding tert-OH is 1. The van der Waals surface area contributed by atoms with E-state index in [0.29, 0.717) is 12.8 Å². The third kappa shape index (κ3) is 4.40. The second kappa shape index (κ2) is 8.36. The Bertz CT molecular complexity index is 1090. The Balaban J connectivity index is 2.05. The molecule has 0 bridgehead atoms. The fourth-order valence-electron chi connectivity index (χ4n) is 2.54. The Morgan fingerprint density at radius 2 is 1.86 bits per heavy atom. The molecule has 0 spiro atoms. The summed E-state index contributed by atoms with van der Waals surface area (Å²) in [7, 11) is -4.22. The standard InChI is InChI=1S/C20H19NO7S/c1-3-21-10-14(11-22)20(23)16-8-18-19(27-12-26-18)9-17(16)28-29(24,25)15-6-4-13(2)5-7-15/h4-11,22H,3,12H2,1-2H3/b14-11+,21-10?. The minimum absolute atomic E-state index is 0.0652. The number of Topliss-reactive ketones (excluding diaryl/α,β-unsaturated/α-hetero) is 1. The van der Waals surface area contributed by atoms with Crippen LogP contribution in [-0.4, -0.2) is 38.9 Å². The number of hydrogen-bond donors (Lipinski definition) is 1. The van der Waals surface area contributed by atoms with Crippen molar-refractivity contribution >= 4 is 22.1 Å². The molecule has 2 aromatic carbocycles. The van der Waals surface area contributed by atoms with E-state index in [0.717, 1.165) is 5.56 Å². The first-order valence-electron chi connectivity index (χ1n) is 8.69. The van der Waals surface area contributed by atoms with Gasteiger partial charge < -0.3 is 18.8 Å². The van der Waals surface area contributed by atoms with Gasteiger partial charge in [0.05, 0.1) is 17.4 Å². The number of rotatable bonds is 7. The van der Waals surface area contributed by atoms with E-state index in [4.69, 9.17) is 13.7 Å². The summed E-state index contributed by atoms with van der Waals surface area (Å²) in [5.74, 6) is -0.424. The SMILES string of the molecule is CCN=C/C(=C\O)C(=O)c1cc2c(cc1OS(=O)(=O)c1ccc(C)cc1)OCO2. The Hall–Kier alpha value is -3.33. The lowest BCUT2D eigenvalue weighted by Crippen LogP contribution is -2.14. The fraction of sp³-hybridized carbons (Fsp3) is 0.200. The zero-order valence-electron chi connectivity index (χ0n) is 15.8. The van der Waals surface area contributed by atoms with Crippen LogP contribution in [0.3, 0.4) is 0 Å². The summed E-state index contributed by atoms with van der Waals surface area (Å²) in [5.41, 5.74) is 0.631. The molecule has 0 unspecified atom stereocenters. The summed E-state index contributed by atoms with van der Waals surface area (Å²) in [5, 5.41) is 9.42. The second-order valence-corrected chi connectivity index (χ2v) is 7.64. The van der Waals surface area contributed by atoms with E-state index in [1.54, 1.807) is 19.1 Å². The lowest BCUT2D eigenvalue weighted by Gasteiger charge is -2.12. The average molecular weight is 417 g/mol. The highest BCUT2D eigenvalue weighted by molar-refractivity contribution is 7.87. The second-order valence-electron chi connectivity index (χ2n) is 6.09. The summed E-state index contributed by atoms with van der Waals surface area (Å²) < 4.78 is 41.2. The molecule has 1 aliphatic rings. The van der Waals surface area contributed by atoms with Crippen molar-refractivity contribution in [3.05, 3.63) is 59.4 Å². The Kier molecular flexibility index (Phi) is 5.88. The molecule has 0 fully saturated rings. The highest BCUT2D eigenvalue weighted by Gasteiger charge is 2.27. The number of nitrogens with zero attached hydrogens (tertiary/aromatic N) is 1. The van der Waals surface area contributed by atoms with E-state index in [1.807, 2.05) is 6.92 Å². The highest BCUT2D eigenvalue weighted by Crippen LogP contribution is 2.39. The van der Waals surface area contributed by atoms with Gasteiger partial charge in [-0.1, -0.05) is 17.7 Å². The van der Waals surface area contributed by atoms with Gasteiger partial charge in [-0.25, -0.2) is 0 Å². The van der Waals surface area contributed by atoms with Crippen molar-refractivity contribution < 1.29 is 32.0 Å². The van der Waals surface area contributed by atoms with Crippen LogP contribution in [0.2, 0.25) is 0 Å². The van der Waals surface area contributed by atoms with Gasteiger partial charge in [-0.15, -0.1) is 0 Å². The smallest absolute Gasteiger partial charge is 0.339 e. The summed E-state index contributed by atoms with van der Waals surface area (Å²) in [6.45, 7) is 3.92. The molecule has 0 aliphatic carbocycles. The third-order valence-corrected chi connectivity index (χ3v) is 5.29. The predicted molar refractivity (Wildman–Crippen MR) is 106 cm³/mol. The van der Waals surface area contributed by atoms with E-state index in [9.17, 15) is 18.3 Å². The largest absolute Gasteiger partial charge is 0.515 e. The highest BCUT2D eigenvalue weighted by atomic mass is 32.2. The molecule has 2 aromatic rings. The van der Waals surface area contributed by atoms with Crippen LogP contribution < -0.4 is 13.7 Å². The molecular formula is C20H19NO7S. The molecule has 0 aromatic heterocycles. The lowest BCUT2D eigenvalue weighted by molar-refractivity contribution is 0.103. The van der Waals surface area contributed by atoms with Crippen molar-refractivity contribution in [2.75, 3.05) is 13.3 Å². The molecule has 1 heterocycles. The van der Waals surface area contributed by atoms with Gasteiger partial charge in [0.25, 0.3) is 0 Å². The number of aryl methyl sites for hydroxylation is 1. The van der Waals surface area contributed by atoms with Crippen LogP contribution in [0.25, 0.3) is 0 Å². The zero-order valence-corrected chi connectivity index (χ0v) is 16.6. The van der Waals surface area contributed by atoms with Crippen molar-refractivity contribution in [1.82, 2.24) is 0 Å². The average Bonchev–Trinajstić information content (AvgIpc) is 3.15. The molecule has 0 amide bonds. The van der Waals surface area contributed by atoms with Crippen LogP contribution in [0, 0.1) is 6.92 Å². The summed E-state index contributed by atoms with van der Waals surface area (Å²) >= 11 is 0. The quantitative estimate of drug-likeness (QED) is 0.242. The molecule has 8 nitrogen and oxygen atoms in total. The number of ketones is 1. The molecule has 0 radical (unpaired) electrons. The van der Waals surface area contributed by atoms with Gasteiger partial charge >= 0.3 is 10.1 Å². The summed E-state index contributed by atoms with van der Waals surface area (Å²) in [6.07, 6.45) is 1.80. The monoisotopic (exact) mass is 417 g/mol. The normalized spacial score (nSPS) is 13.7. The fourth-order valence-corrected chi connectivity index (χ4v) is 3.48.